The maximum absolute atomic E-state index is 14.4. The number of primary amides is 1. The van der Waals surface area contributed by atoms with Crippen LogP contribution in [-0.4, -0.2) is 41.0 Å². The normalized spacial score (nSPS) is 16.7. The molecule has 1 aliphatic heterocycles. The molecule has 1 aliphatic rings. The molecule has 2 aromatic carbocycles. The number of amides is 1. The third-order valence-corrected chi connectivity index (χ3v) is 5.60. The number of hydrogen-bond acceptors (Lipinski definition) is 6. The lowest BCUT2D eigenvalue weighted by Crippen LogP contribution is -2.27. The topological polar surface area (TPSA) is 93.4 Å². The molecular formula is C21H21ClFN5O2. The van der Waals surface area contributed by atoms with Crippen molar-refractivity contribution in [3.05, 3.63) is 53.1 Å². The zero-order chi connectivity index (χ0) is 21.3. The van der Waals surface area contributed by atoms with Crippen molar-refractivity contribution < 1.29 is 13.9 Å². The highest BCUT2D eigenvalue weighted by Crippen LogP contribution is 2.32. The summed E-state index contributed by atoms with van der Waals surface area (Å²) in [6.07, 6.45) is 2.15. The van der Waals surface area contributed by atoms with Gasteiger partial charge in [-0.1, -0.05) is 17.7 Å². The number of benzene rings is 2. The number of nitrogens with zero attached hydrogens (tertiary/aromatic N) is 3. The van der Waals surface area contributed by atoms with Crippen LogP contribution in [0, 0.1) is 11.7 Å². The minimum Gasteiger partial charge on any atom is -0.496 e. The lowest BCUT2D eigenvalue weighted by molar-refractivity contribution is -0.121. The molecule has 0 spiro atoms. The van der Waals surface area contributed by atoms with Crippen molar-refractivity contribution in [2.45, 2.75) is 13.0 Å². The van der Waals surface area contributed by atoms with Gasteiger partial charge < -0.3 is 15.8 Å². The lowest BCUT2D eigenvalue weighted by atomic mass is 10.1. The zero-order valence-electron chi connectivity index (χ0n) is 16.4. The van der Waals surface area contributed by atoms with E-state index in [-0.39, 0.29) is 22.5 Å². The zero-order valence-corrected chi connectivity index (χ0v) is 17.1. The Morgan fingerprint density at radius 3 is 2.97 bits per heavy atom. The fourth-order valence-electron chi connectivity index (χ4n) is 3.72. The molecule has 0 radical (unpaired) electrons. The van der Waals surface area contributed by atoms with Gasteiger partial charge in [0.2, 0.25) is 5.91 Å². The smallest absolute Gasteiger partial charge is 0.221 e. The third-order valence-electron chi connectivity index (χ3n) is 5.31. The number of rotatable bonds is 6. The van der Waals surface area contributed by atoms with Crippen LogP contribution >= 0.6 is 11.6 Å². The summed E-state index contributed by atoms with van der Waals surface area (Å²) in [6.45, 7) is 1.97. The number of fused-ring (bicyclic) bond motifs is 1. The highest BCUT2D eigenvalue weighted by Gasteiger charge is 2.27. The molecule has 0 aliphatic carbocycles. The van der Waals surface area contributed by atoms with Gasteiger partial charge in [0.15, 0.2) is 5.82 Å². The van der Waals surface area contributed by atoms with Gasteiger partial charge in [0.25, 0.3) is 0 Å². The minimum atomic E-state index is -0.547. The van der Waals surface area contributed by atoms with Gasteiger partial charge in [-0.2, -0.15) is 0 Å². The number of ether oxygens (including phenoxy) is 1. The number of nitrogens with two attached hydrogens (primary N) is 1. The fourth-order valence-corrected chi connectivity index (χ4v) is 3.89. The number of likely N-dealkylation sites (tertiary alicyclic amines) is 1. The van der Waals surface area contributed by atoms with Crippen LogP contribution in [0.25, 0.3) is 10.9 Å². The van der Waals surface area contributed by atoms with E-state index in [0.717, 1.165) is 23.9 Å². The molecule has 1 fully saturated rings. The van der Waals surface area contributed by atoms with Crippen molar-refractivity contribution in [1.82, 2.24) is 14.9 Å². The molecule has 9 heteroatoms. The molecule has 2 heterocycles. The van der Waals surface area contributed by atoms with E-state index in [1.165, 1.54) is 12.4 Å². The van der Waals surface area contributed by atoms with Crippen molar-refractivity contribution in [1.29, 1.82) is 0 Å². The van der Waals surface area contributed by atoms with Crippen molar-refractivity contribution in [3.8, 4) is 5.75 Å². The summed E-state index contributed by atoms with van der Waals surface area (Å²) in [5.41, 5.74) is 7.25. The Labute approximate surface area is 178 Å². The van der Waals surface area contributed by atoms with Gasteiger partial charge in [0.1, 0.15) is 17.9 Å². The molecule has 3 aromatic rings. The van der Waals surface area contributed by atoms with Crippen molar-refractivity contribution in [3.63, 3.8) is 0 Å². The average molecular weight is 430 g/mol. The third kappa shape index (κ3) is 4.01. The van der Waals surface area contributed by atoms with Crippen LogP contribution < -0.4 is 15.8 Å². The molecule has 1 amide bonds. The van der Waals surface area contributed by atoms with Gasteiger partial charge in [-0.15, -0.1) is 0 Å². The summed E-state index contributed by atoms with van der Waals surface area (Å²) >= 11 is 5.89. The van der Waals surface area contributed by atoms with E-state index in [2.05, 4.69) is 20.2 Å². The Kier molecular flexibility index (Phi) is 5.69. The monoisotopic (exact) mass is 429 g/mol. The van der Waals surface area contributed by atoms with E-state index >= 15 is 0 Å². The Hall–Kier alpha value is -2.97. The molecule has 1 saturated heterocycles. The first-order valence-corrected chi connectivity index (χ1v) is 9.88. The first-order chi connectivity index (χ1) is 14.5. The maximum Gasteiger partial charge on any atom is 0.221 e. The van der Waals surface area contributed by atoms with Crippen LogP contribution in [0.3, 0.4) is 0 Å². The number of carbonyl (C=O) groups is 1. The summed E-state index contributed by atoms with van der Waals surface area (Å²) in [6, 6.07) is 8.49. The molecule has 3 N–H and O–H groups in total. The van der Waals surface area contributed by atoms with Crippen LogP contribution in [0.2, 0.25) is 5.02 Å². The standard InChI is InChI=1S/C21H21ClFN5O2/c1-30-18-8-17-14(7-13(18)10-28-6-5-12(9-28)20(24)29)21(26-11-25-17)27-16-4-2-3-15(22)19(16)23/h2-4,7-8,11-12H,5-6,9-10H2,1H3,(H2,24,29)(H,25,26,27)/t12-/m1/s1. The second-order valence-electron chi connectivity index (χ2n) is 7.25. The number of carbonyl (C=O) groups excluding carboxylic acids is 1. The quantitative estimate of drug-likeness (QED) is 0.623. The van der Waals surface area contributed by atoms with Crippen molar-refractivity contribution in [2.24, 2.45) is 11.7 Å². The van der Waals surface area contributed by atoms with E-state index in [1.54, 1.807) is 19.2 Å². The summed E-state index contributed by atoms with van der Waals surface area (Å²) in [5.74, 6) is 0.188. The summed E-state index contributed by atoms with van der Waals surface area (Å²) < 4.78 is 19.9. The molecule has 0 bridgehead atoms. The molecule has 30 heavy (non-hydrogen) atoms. The molecular weight excluding hydrogens is 409 g/mol. The van der Waals surface area contributed by atoms with E-state index in [0.29, 0.717) is 30.2 Å². The number of halogens is 2. The van der Waals surface area contributed by atoms with Gasteiger partial charge in [0, 0.05) is 30.1 Å². The van der Waals surface area contributed by atoms with Crippen molar-refractivity contribution in [2.75, 3.05) is 25.5 Å². The molecule has 1 aromatic heterocycles. The molecule has 0 saturated carbocycles. The van der Waals surface area contributed by atoms with E-state index in [1.807, 2.05) is 12.1 Å². The van der Waals surface area contributed by atoms with Gasteiger partial charge >= 0.3 is 0 Å². The van der Waals surface area contributed by atoms with Crippen LogP contribution in [0.15, 0.2) is 36.7 Å². The van der Waals surface area contributed by atoms with E-state index in [9.17, 15) is 9.18 Å². The van der Waals surface area contributed by atoms with Crippen molar-refractivity contribution >= 4 is 39.9 Å². The molecule has 4 rings (SSSR count). The second kappa shape index (κ2) is 8.41. The average Bonchev–Trinajstić information content (AvgIpc) is 3.20. The predicted octanol–water partition coefficient (Wildman–Crippen LogP) is 3.48. The van der Waals surface area contributed by atoms with Gasteiger partial charge in [-0.25, -0.2) is 14.4 Å². The minimum absolute atomic E-state index is 0.0266. The Morgan fingerprint density at radius 1 is 1.40 bits per heavy atom. The molecule has 0 unspecified atom stereocenters. The number of hydrogen-bond donors (Lipinski definition) is 2. The summed E-state index contributed by atoms with van der Waals surface area (Å²) in [4.78, 5) is 22.2. The highest BCUT2D eigenvalue weighted by molar-refractivity contribution is 6.31. The van der Waals surface area contributed by atoms with Crippen LogP contribution in [0.5, 0.6) is 5.75 Å². The molecule has 7 nitrogen and oxygen atoms in total. The molecule has 1 atom stereocenters. The van der Waals surface area contributed by atoms with E-state index < -0.39 is 5.82 Å². The maximum atomic E-state index is 14.4. The second-order valence-corrected chi connectivity index (χ2v) is 7.66. The summed E-state index contributed by atoms with van der Waals surface area (Å²) in [5, 5.41) is 3.76. The lowest BCUT2D eigenvalue weighted by Gasteiger charge is -2.19. The summed E-state index contributed by atoms with van der Waals surface area (Å²) in [7, 11) is 1.60. The largest absolute Gasteiger partial charge is 0.496 e. The number of anilines is 2. The first kappa shape index (κ1) is 20.3. The van der Waals surface area contributed by atoms with Crippen LogP contribution in [0.1, 0.15) is 12.0 Å². The number of nitrogens with one attached hydrogen (secondary N) is 1. The number of aromatic nitrogens is 2. The van der Waals surface area contributed by atoms with Gasteiger partial charge in [-0.05, 0) is 31.2 Å². The van der Waals surface area contributed by atoms with Crippen LogP contribution in [0.4, 0.5) is 15.9 Å². The highest BCUT2D eigenvalue weighted by atomic mass is 35.5. The Morgan fingerprint density at radius 2 is 2.23 bits per heavy atom. The Bertz CT molecular complexity index is 1110. The van der Waals surface area contributed by atoms with Gasteiger partial charge in [0.05, 0.1) is 29.3 Å². The predicted molar refractivity (Wildman–Crippen MR) is 113 cm³/mol. The van der Waals surface area contributed by atoms with Gasteiger partial charge in [-0.3, -0.25) is 9.69 Å². The fraction of sp³-hybridized carbons (Fsp3) is 0.286. The van der Waals surface area contributed by atoms with E-state index in [4.69, 9.17) is 22.1 Å². The number of methoxy groups -OCH3 is 1. The molecule has 156 valence electrons. The van der Waals surface area contributed by atoms with Crippen LogP contribution in [-0.2, 0) is 11.3 Å². The SMILES string of the molecule is COc1cc2ncnc(Nc3cccc(Cl)c3F)c2cc1CN1CC[C@@H](C(N)=O)C1. The first-order valence-electron chi connectivity index (χ1n) is 9.50. The Balaban J connectivity index is 1.69.